The van der Waals surface area contributed by atoms with Gasteiger partial charge in [0.05, 0.1) is 13.7 Å². The lowest BCUT2D eigenvalue weighted by molar-refractivity contribution is 0.0706. The summed E-state index contributed by atoms with van der Waals surface area (Å²) in [5.41, 5.74) is 3.67. The van der Waals surface area contributed by atoms with Crippen LogP contribution < -0.4 is 10.2 Å². The molecule has 3 aromatic rings. The summed E-state index contributed by atoms with van der Waals surface area (Å²) in [6.45, 7) is 0.488. The summed E-state index contributed by atoms with van der Waals surface area (Å²) >= 11 is 0. The van der Waals surface area contributed by atoms with E-state index in [0.717, 1.165) is 16.9 Å². The lowest BCUT2D eigenvalue weighted by Crippen LogP contribution is -2.18. The predicted octanol–water partition coefficient (Wildman–Crippen LogP) is 1.52. The summed E-state index contributed by atoms with van der Waals surface area (Å²) in [5, 5.41) is 21.0. The first-order valence-electron chi connectivity index (χ1n) is 7.15. The van der Waals surface area contributed by atoms with Crippen LogP contribution in [0.2, 0.25) is 0 Å². The molecule has 0 radical (unpaired) electrons. The van der Waals surface area contributed by atoms with Gasteiger partial charge in [-0.2, -0.15) is 4.80 Å². The summed E-state index contributed by atoms with van der Waals surface area (Å²) in [6.07, 6.45) is 0. The Kier molecular flexibility index (Phi) is 4.48. The van der Waals surface area contributed by atoms with E-state index in [4.69, 9.17) is 9.94 Å². The normalized spacial score (nSPS) is 10.4. The monoisotopic (exact) mass is 325 g/mol. The van der Waals surface area contributed by atoms with Crippen LogP contribution in [-0.2, 0) is 6.54 Å². The Balaban J connectivity index is 1.73. The summed E-state index contributed by atoms with van der Waals surface area (Å²) in [6, 6.07) is 14.2. The highest BCUT2D eigenvalue weighted by molar-refractivity contribution is 5.93. The maximum atomic E-state index is 11.3. The van der Waals surface area contributed by atoms with Gasteiger partial charge in [-0.05, 0) is 35.0 Å². The molecule has 122 valence electrons. The van der Waals surface area contributed by atoms with Gasteiger partial charge in [-0.25, -0.2) is 5.48 Å². The van der Waals surface area contributed by atoms with Crippen molar-refractivity contribution in [2.75, 3.05) is 7.11 Å². The predicted molar refractivity (Wildman–Crippen MR) is 84.6 cm³/mol. The average molecular weight is 325 g/mol. The largest absolute Gasteiger partial charge is 0.497 e. The molecule has 0 bridgehead atoms. The van der Waals surface area contributed by atoms with E-state index in [2.05, 4.69) is 15.4 Å². The van der Waals surface area contributed by atoms with Crippen molar-refractivity contribution >= 4 is 5.91 Å². The van der Waals surface area contributed by atoms with Gasteiger partial charge in [0, 0.05) is 11.1 Å². The van der Waals surface area contributed by atoms with E-state index in [-0.39, 0.29) is 0 Å². The zero-order valence-corrected chi connectivity index (χ0v) is 12.9. The molecule has 8 heteroatoms. The molecule has 1 amide bonds. The standard InChI is InChI=1S/C16H15N5O3/c1-24-14-8-2-11(3-9-14)10-21-18-15(17-20-21)12-4-6-13(7-5-12)16(22)19-23/h2-9,23H,10H2,1H3,(H,19,22). The number of methoxy groups -OCH3 is 1. The van der Waals surface area contributed by atoms with E-state index in [1.54, 1.807) is 36.9 Å². The van der Waals surface area contributed by atoms with Gasteiger partial charge in [-0.1, -0.05) is 24.3 Å². The molecule has 8 nitrogen and oxygen atoms in total. The van der Waals surface area contributed by atoms with E-state index in [0.29, 0.717) is 17.9 Å². The second-order valence-corrected chi connectivity index (χ2v) is 5.01. The molecule has 3 rings (SSSR count). The fraction of sp³-hybridized carbons (Fsp3) is 0.125. The third kappa shape index (κ3) is 3.39. The van der Waals surface area contributed by atoms with Crippen LogP contribution >= 0.6 is 0 Å². The Bertz CT molecular complexity index is 828. The first-order chi connectivity index (χ1) is 11.7. The fourth-order valence-corrected chi connectivity index (χ4v) is 2.16. The molecule has 0 aliphatic heterocycles. The highest BCUT2D eigenvalue weighted by Gasteiger charge is 2.09. The zero-order chi connectivity index (χ0) is 16.9. The molecule has 0 saturated carbocycles. The number of nitrogens with zero attached hydrogens (tertiary/aromatic N) is 4. The number of aromatic nitrogens is 4. The first-order valence-corrected chi connectivity index (χ1v) is 7.15. The molecule has 0 saturated heterocycles. The Hall–Kier alpha value is -3.26. The molecule has 0 spiro atoms. The molecule has 0 fully saturated rings. The topological polar surface area (TPSA) is 102 Å². The molecular weight excluding hydrogens is 310 g/mol. The van der Waals surface area contributed by atoms with Crippen molar-refractivity contribution in [1.82, 2.24) is 25.7 Å². The van der Waals surface area contributed by atoms with Gasteiger partial charge in [-0.3, -0.25) is 10.0 Å². The number of hydrogen-bond donors (Lipinski definition) is 2. The third-order valence-corrected chi connectivity index (χ3v) is 3.44. The van der Waals surface area contributed by atoms with Crippen molar-refractivity contribution in [2.24, 2.45) is 0 Å². The van der Waals surface area contributed by atoms with Crippen molar-refractivity contribution in [2.45, 2.75) is 6.54 Å². The van der Waals surface area contributed by atoms with Crippen LogP contribution in [0.1, 0.15) is 15.9 Å². The molecule has 0 aliphatic rings. The van der Waals surface area contributed by atoms with Crippen molar-refractivity contribution in [3.05, 3.63) is 59.7 Å². The van der Waals surface area contributed by atoms with E-state index < -0.39 is 5.91 Å². The summed E-state index contributed by atoms with van der Waals surface area (Å²) in [7, 11) is 1.62. The van der Waals surface area contributed by atoms with E-state index in [9.17, 15) is 4.79 Å². The van der Waals surface area contributed by atoms with Crippen molar-refractivity contribution < 1.29 is 14.7 Å². The minimum absolute atomic E-state index is 0.340. The van der Waals surface area contributed by atoms with Crippen LogP contribution in [-0.4, -0.2) is 38.4 Å². The van der Waals surface area contributed by atoms with Crippen LogP contribution in [0.3, 0.4) is 0 Å². The number of hydroxylamine groups is 1. The number of nitrogens with one attached hydrogen (secondary N) is 1. The quantitative estimate of drug-likeness (QED) is 0.544. The molecular formula is C16H15N5O3. The minimum atomic E-state index is -0.572. The molecule has 1 aromatic heterocycles. The van der Waals surface area contributed by atoms with Crippen molar-refractivity contribution in [3.8, 4) is 17.1 Å². The Morgan fingerprint density at radius 2 is 1.88 bits per heavy atom. The van der Waals surface area contributed by atoms with Crippen LogP contribution in [0, 0.1) is 0 Å². The number of tetrazole rings is 1. The first kappa shape index (κ1) is 15.6. The Morgan fingerprint density at radius 1 is 1.17 bits per heavy atom. The Labute approximate surface area is 137 Å². The van der Waals surface area contributed by atoms with Crippen LogP contribution in [0.25, 0.3) is 11.4 Å². The average Bonchev–Trinajstić information content (AvgIpc) is 3.10. The number of ether oxygens (including phenoxy) is 1. The van der Waals surface area contributed by atoms with E-state index in [1.807, 2.05) is 24.3 Å². The highest BCUT2D eigenvalue weighted by atomic mass is 16.5. The molecule has 0 atom stereocenters. The maximum Gasteiger partial charge on any atom is 0.274 e. The van der Waals surface area contributed by atoms with Gasteiger partial charge < -0.3 is 4.74 Å². The van der Waals surface area contributed by atoms with Crippen LogP contribution in [0.5, 0.6) is 5.75 Å². The molecule has 0 aliphatic carbocycles. The van der Waals surface area contributed by atoms with Gasteiger partial charge in [0.25, 0.3) is 5.91 Å². The van der Waals surface area contributed by atoms with Crippen LogP contribution in [0.4, 0.5) is 0 Å². The second-order valence-electron chi connectivity index (χ2n) is 5.01. The van der Waals surface area contributed by atoms with Crippen molar-refractivity contribution in [1.29, 1.82) is 0 Å². The number of rotatable bonds is 5. The zero-order valence-electron chi connectivity index (χ0n) is 12.9. The van der Waals surface area contributed by atoms with Gasteiger partial charge in [0.15, 0.2) is 0 Å². The second kappa shape index (κ2) is 6.88. The summed E-state index contributed by atoms with van der Waals surface area (Å²) in [5.74, 6) is 0.676. The minimum Gasteiger partial charge on any atom is -0.497 e. The van der Waals surface area contributed by atoms with Gasteiger partial charge in [0.1, 0.15) is 5.75 Å². The smallest absolute Gasteiger partial charge is 0.274 e. The van der Waals surface area contributed by atoms with Gasteiger partial charge in [0.2, 0.25) is 5.82 Å². The third-order valence-electron chi connectivity index (χ3n) is 3.44. The number of benzene rings is 2. The van der Waals surface area contributed by atoms with E-state index in [1.165, 1.54) is 4.80 Å². The molecule has 24 heavy (non-hydrogen) atoms. The Morgan fingerprint density at radius 3 is 2.50 bits per heavy atom. The summed E-state index contributed by atoms with van der Waals surface area (Å²) in [4.78, 5) is 12.8. The number of amides is 1. The lowest BCUT2D eigenvalue weighted by Gasteiger charge is -2.02. The molecule has 2 N–H and O–H groups in total. The highest BCUT2D eigenvalue weighted by Crippen LogP contribution is 2.15. The number of carbonyl (C=O) groups is 1. The van der Waals surface area contributed by atoms with E-state index >= 15 is 0 Å². The van der Waals surface area contributed by atoms with Crippen LogP contribution in [0.15, 0.2) is 48.5 Å². The van der Waals surface area contributed by atoms with Gasteiger partial charge >= 0.3 is 0 Å². The number of carbonyl (C=O) groups excluding carboxylic acids is 1. The van der Waals surface area contributed by atoms with Crippen molar-refractivity contribution in [3.63, 3.8) is 0 Å². The molecule has 1 heterocycles. The van der Waals surface area contributed by atoms with Gasteiger partial charge in [-0.15, -0.1) is 10.2 Å². The fourth-order valence-electron chi connectivity index (χ4n) is 2.16. The number of hydrogen-bond acceptors (Lipinski definition) is 6. The summed E-state index contributed by atoms with van der Waals surface area (Å²) < 4.78 is 5.12. The SMILES string of the molecule is COc1ccc(Cn2nnc(-c3ccc(C(=O)NO)cc3)n2)cc1. The lowest BCUT2D eigenvalue weighted by atomic mass is 10.1. The maximum absolute atomic E-state index is 11.3. The molecule has 0 unspecified atom stereocenters. The molecule has 2 aromatic carbocycles.